The molecule has 3 rings (SSSR count). The fourth-order valence-electron chi connectivity index (χ4n) is 3.00. The van der Waals surface area contributed by atoms with Crippen LogP contribution in [0.3, 0.4) is 0 Å². The Morgan fingerprint density at radius 3 is 2.42 bits per heavy atom. The Bertz CT molecular complexity index is 732. The highest BCUT2D eigenvalue weighted by molar-refractivity contribution is 5.94. The number of anilines is 1. The summed E-state index contributed by atoms with van der Waals surface area (Å²) in [5, 5.41) is 0. The van der Waals surface area contributed by atoms with Crippen molar-refractivity contribution < 1.29 is 4.79 Å². The summed E-state index contributed by atoms with van der Waals surface area (Å²) in [4.78, 5) is 23.2. The van der Waals surface area contributed by atoms with Crippen LogP contribution in [0, 0.1) is 0 Å². The lowest BCUT2D eigenvalue weighted by molar-refractivity contribution is 0.0650. The Balaban J connectivity index is 1.48. The van der Waals surface area contributed by atoms with Crippen molar-refractivity contribution in [2.75, 3.05) is 51.7 Å². The molecule has 136 valence electrons. The van der Waals surface area contributed by atoms with Crippen LogP contribution in [0.5, 0.6) is 0 Å². The van der Waals surface area contributed by atoms with Crippen LogP contribution in [0.1, 0.15) is 15.9 Å². The number of amides is 1. The van der Waals surface area contributed by atoms with Crippen LogP contribution in [0.15, 0.2) is 54.7 Å². The number of hydrogen-bond donors (Lipinski definition) is 0. The molecule has 1 aliphatic rings. The van der Waals surface area contributed by atoms with Crippen molar-refractivity contribution in [1.82, 2.24) is 14.8 Å². The summed E-state index contributed by atoms with van der Waals surface area (Å²) in [7, 11) is 3.88. The molecular formula is C21H26N4O. The van der Waals surface area contributed by atoms with Crippen LogP contribution in [0.2, 0.25) is 0 Å². The first kappa shape index (κ1) is 18.1. The van der Waals surface area contributed by atoms with Crippen molar-refractivity contribution in [1.29, 1.82) is 0 Å². The van der Waals surface area contributed by atoms with Gasteiger partial charge in [-0.05, 0) is 17.7 Å². The van der Waals surface area contributed by atoms with Gasteiger partial charge in [-0.15, -0.1) is 0 Å². The van der Waals surface area contributed by atoms with Crippen LogP contribution < -0.4 is 4.90 Å². The first-order valence-corrected chi connectivity index (χ1v) is 9.00. The summed E-state index contributed by atoms with van der Waals surface area (Å²) in [5.74, 6) is 0.929. The minimum absolute atomic E-state index is 0.0716. The predicted octanol–water partition coefficient (Wildman–Crippen LogP) is 2.62. The Labute approximate surface area is 155 Å². The minimum Gasteiger partial charge on any atom is -0.363 e. The molecule has 0 spiro atoms. The molecule has 2 heterocycles. The molecule has 26 heavy (non-hydrogen) atoms. The molecule has 1 aromatic heterocycles. The van der Waals surface area contributed by atoms with E-state index in [4.69, 9.17) is 0 Å². The zero-order chi connectivity index (χ0) is 18.4. The largest absolute Gasteiger partial charge is 0.363 e. The van der Waals surface area contributed by atoms with Gasteiger partial charge in [0.1, 0.15) is 5.82 Å². The number of nitrogens with zero attached hydrogens (tertiary/aromatic N) is 4. The average molecular weight is 350 g/mol. The average Bonchev–Trinajstić information content (AvgIpc) is 2.69. The van der Waals surface area contributed by atoms with Gasteiger partial charge in [-0.2, -0.15) is 0 Å². The number of carbonyl (C=O) groups is 1. The topological polar surface area (TPSA) is 39.7 Å². The van der Waals surface area contributed by atoms with E-state index < -0.39 is 0 Å². The van der Waals surface area contributed by atoms with Crippen LogP contribution >= 0.6 is 0 Å². The molecule has 2 aromatic rings. The third-order valence-electron chi connectivity index (χ3n) is 4.59. The van der Waals surface area contributed by atoms with Crippen molar-refractivity contribution in [3.8, 4) is 0 Å². The SMILES string of the molecule is CN(C)c1ccc(C(=O)N2CCN(CC=Cc3ccccc3)CC2)cn1. The number of rotatable bonds is 5. The summed E-state index contributed by atoms with van der Waals surface area (Å²) < 4.78 is 0. The zero-order valence-corrected chi connectivity index (χ0v) is 15.5. The fourth-order valence-corrected chi connectivity index (χ4v) is 3.00. The quantitative estimate of drug-likeness (QED) is 0.831. The van der Waals surface area contributed by atoms with E-state index in [-0.39, 0.29) is 5.91 Å². The molecule has 5 heteroatoms. The molecular weight excluding hydrogens is 324 g/mol. The van der Waals surface area contributed by atoms with E-state index in [0.717, 1.165) is 38.5 Å². The number of piperazine rings is 1. The molecule has 5 nitrogen and oxygen atoms in total. The highest BCUT2D eigenvalue weighted by atomic mass is 16.2. The van der Waals surface area contributed by atoms with Crippen molar-refractivity contribution >= 4 is 17.8 Å². The van der Waals surface area contributed by atoms with Gasteiger partial charge >= 0.3 is 0 Å². The van der Waals surface area contributed by atoms with Crippen molar-refractivity contribution in [3.05, 3.63) is 65.9 Å². The van der Waals surface area contributed by atoms with Crippen molar-refractivity contribution in [2.24, 2.45) is 0 Å². The third kappa shape index (κ3) is 4.70. The first-order valence-electron chi connectivity index (χ1n) is 9.00. The maximum Gasteiger partial charge on any atom is 0.255 e. The van der Waals surface area contributed by atoms with Crippen LogP contribution in [-0.4, -0.2) is 67.5 Å². The van der Waals surface area contributed by atoms with Gasteiger partial charge < -0.3 is 9.80 Å². The van der Waals surface area contributed by atoms with E-state index in [1.807, 2.05) is 54.2 Å². The first-order chi connectivity index (χ1) is 12.6. The minimum atomic E-state index is 0.0716. The Kier molecular flexibility index (Phi) is 6.02. The van der Waals surface area contributed by atoms with Gasteiger partial charge in [0.2, 0.25) is 0 Å². The summed E-state index contributed by atoms with van der Waals surface area (Å²) in [6.07, 6.45) is 6.01. The summed E-state index contributed by atoms with van der Waals surface area (Å²) in [6, 6.07) is 14.1. The third-order valence-corrected chi connectivity index (χ3v) is 4.59. The van der Waals surface area contributed by atoms with E-state index in [2.05, 4.69) is 34.2 Å². The summed E-state index contributed by atoms with van der Waals surface area (Å²) in [5.41, 5.74) is 1.88. The highest BCUT2D eigenvalue weighted by Crippen LogP contribution is 2.12. The molecule has 1 fully saturated rings. The van der Waals surface area contributed by atoms with Gasteiger partial charge in [-0.3, -0.25) is 9.69 Å². The summed E-state index contributed by atoms with van der Waals surface area (Å²) >= 11 is 0. The van der Waals surface area contributed by atoms with E-state index in [1.165, 1.54) is 5.56 Å². The molecule has 0 aliphatic carbocycles. The lowest BCUT2D eigenvalue weighted by Gasteiger charge is -2.34. The van der Waals surface area contributed by atoms with Gasteiger partial charge in [0.15, 0.2) is 0 Å². The zero-order valence-electron chi connectivity index (χ0n) is 15.5. The smallest absolute Gasteiger partial charge is 0.255 e. The maximum atomic E-state index is 12.6. The normalized spacial score (nSPS) is 15.4. The molecule has 0 atom stereocenters. The van der Waals surface area contributed by atoms with E-state index >= 15 is 0 Å². The Morgan fingerprint density at radius 1 is 1.08 bits per heavy atom. The lowest BCUT2D eigenvalue weighted by atomic mass is 10.2. The summed E-state index contributed by atoms with van der Waals surface area (Å²) in [6.45, 7) is 4.22. The second-order valence-corrected chi connectivity index (χ2v) is 6.71. The van der Waals surface area contributed by atoms with E-state index in [1.54, 1.807) is 6.20 Å². The predicted molar refractivity (Wildman–Crippen MR) is 106 cm³/mol. The van der Waals surface area contributed by atoms with Gasteiger partial charge in [-0.1, -0.05) is 42.5 Å². The molecule has 0 bridgehead atoms. The van der Waals surface area contributed by atoms with Crippen LogP contribution in [0.4, 0.5) is 5.82 Å². The van der Waals surface area contributed by atoms with Gasteiger partial charge in [-0.25, -0.2) is 4.98 Å². The van der Waals surface area contributed by atoms with E-state index in [9.17, 15) is 4.79 Å². The maximum absolute atomic E-state index is 12.6. The second kappa shape index (κ2) is 8.63. The molecule has 1 amide bonds. The van der Waals surface area contributed by atoms with E-state index in [0.29, 0.717) is 5.56 Å². The van der Waals surface area contributed by atoms with Crippen LogP contribution in [0.25, 0.3) is 6.08 Å². The molecule has 1 aliphatic heterocycles. The molecule has 0 unspecified atom stereocenters. The monoisotopic (exact) mass is 350 g/mol. The number of benzene rings is 1. The standard InChI is InChI=1S/C21H26N4O/c1-23(2)20-11-10-19(17-22-20)21(26)25-15-13-24(14-16-25)12-6-9-18-7-4-3-5-8-18/h3-11,17H,12-16H2,1-2H3. The van der Waals surface area contributed by atoms with Gasteiger partial charge in [0, 0.05) is 53.0 Å². The van der Waals surface area contributed by atoms with Crippen LogP contribution in [-0.2, 0) is 0 Å². The molecule has 1 saturated heterocycles. The number of pyridine rings is 1. The number of carbonyl (C=O) groups excluding carboxylic acids is 1. The Morgan fingerprint density at radius 2 is 1.81 bits per heavy atom. The fraction of sp³-hybridized carbons (Fsp3) is 0.333. The van der Waals surface area contributed by atoms with Crippen molar-refractivity contribution in [2.45, 2.75) is 0 Å². The molecule has 1 aromatic carbocycles. The molecule has 0 N–H and O–H groups in total. The lowest BCUT2D eigenvalue weighted by Crippen LogP contribution is -2.48. The molecule has 0 radical (unpaired) electrons. The molecule has 0 saturated carbocycles. The van der Waals surface area contributed by atoms with Gasteiger partial charge in [0.25, 0.3) is 5.91 Å². The Hall–Kier alpha value is -2.66. The second-order valence-electron chi connectivity index (χ2n) is 6.71. The van der Waals surface area contributed by atoms with Crippen molar-refractivity contribution in [3.63, 3.8) is 0 Å². The van der Waals surface area contributed by atoms with Gasteiger partial charge in [0.05, 0.1) is 5.56 Å². The number of hydrogen-bond acceptors (Lipinski definition) is 4. The highest BCUT2D eigenvalue weighted by Gasteiger charge is 2.21. The number of aromatic nitrogens is 1.